The van der Waals surface area contributed by atoms with Crippen LogP contribution in [0.5, 0.6) is 0 Å². The zero-order chi connectivity index (χ0) is 30.8. The Bertz CT molecular complexity index is 1860. The van der Waals surface area contributed by atoms with Crippen LogP contribution in [0, 0.1) is 5.82 Å². The van der Waals surface area contributed by atoms with Gasteiger partial charge in [-0.3, -0.25) is 9.59 Å². The Morgan fingerprint density at radius 1 is 1.05 bits per heavy atom. The third-order valence-electron chi connectivity index (χ3n) is 7.25. The first-order valence-corrected chi connectivity index (χ1v) is 14.4. The fourth-order valence-corrected chi connectivity index (χ4v) is 5.59. The number of tetrazole rings is 1. The number of carbonyl (C=O) groups is 2. The molecule has 2 aromatic heterocycles. The monoisotopic (exact) mass is 630 g/mol. The van der Waals surface area contributed by atoms with Crippen LogP contribution in [-0.2, 0) is 17.9 Å². The Kier molecular flexibility index (Phi) is 8.23. The number of benzene rings is 3. The van der Waals surface area contributed by atoms with Crippen molar-refractivity contribution in [2.75, 3.05) is 6.54 Å². The van der Waals surface area contributed by atoms with Crippen LogP contribution in [0.3, 0.4) is 0 Å². The van der Waals surface area contributed by atoms with Crippen molar-refractivity contribution in [3.8, 4) is 5.69 Å². The van der Waals surface area contributed by atoms with Crippen molar-refractivity contribution in [3.63, 3.8) is 0 Å². The predicted molar refractivity (Wildman–Crippen MR) is 163 cm³/mol. The summed E-state index contributed by atoms with van der Waals surface area (Å²) < 4.78 is 16.7. The molecule has 6 rings (SSSR count). The Morgan fingerprint density at radius 2 is 1.82 bits per heavy atom. The molecular formula is C31H25Cl2FN8O2. The highest BCUT2D eigenvalue weighted by Crippen LogP contribution is 2.36. The second-order valence-corrected chi connectivity index (χ2v) is 11.1. The number of nitrogens with zero attached hydrogens (tertiary/aromatic N) is 7. The van der Waals surface area contributed by atoms with Crippen LogP contribution < -0.4 is 5.32 Å². The smallest absolute Gasteiger partial charge is 0.272 e. The summed E-state index contributed by atoms with van der Waals surface area (Å²) in [5.74, 6) is -1.06. The molecule has 0 saturated heterocycles. The maximum Gasteiger partial charge on any atom is 0.272 e. The molecule has 222 valence electrons. The van der Waals surface area contributed by atoms with E-state index in [0.29, 0.717) is 38.1 Å². The lowest BCUT2D eigenvalue weighted by Gasteiger charge is -2.30. The number of nitrogens with one attached hydrogen (secondary N) is 1. The summed E-state index contributed by atoms with van der Waals surface area (Å²) in [6.45, 7) is 2.04. The van der Waals surface area contributed by atoms with E-state index in [9.17, 15) is 14.0 Å². The third-order valence-corrected chi connectivity index (χ3v) is 7.79. The van der Waals surface area contributed by atoms with Crippen LogP contribution in [-0.4, -0.2) is 53.2 Å². The Morgan fingerprint density at radius 3 is 2.52 bits per heavy atom. The molecule has 0 radical (unpaired) electrons. The summed E-state index contributed by atoms with van der Waals surface area (Å²) in [7, 11) is 0. The molecule has 3 heterocycles. The van der Waals surface area contributed by atoms with Gasteiger partial charge in [-0.05, 0) is 70.5 Å². The molecule has 1 aliphatic heterocycles. The Balaban J connectivity index is 1.49. The second-order valence-electron chi connectivity index (χ2n) is 10.3. The van der Waals surface area contributed by atoms with Gasteiger partial charge in [-0.2, -0.15) is 5.10 Å². The van der Waals surface area contributed by atoms with Crippen molar-refractivity contribution in [1.29, 1.82) is 0 Å². The molecule has 1 aliphatic rings. The van der Waals surface area contributed by atoms with E-state index in [1.165, 1.54) is 23.1 Å². The fourth-order valence-electron chi connectivity index (χ4n) is 5.10. The van der Waals surface area contributed by atoms with Crippen LogP contribution >= 0.6 is 23.2 Å². The van der Waals surface area contributed by atoms with Gasteiger partial charge in [0.1, 0.15) is 18.7 Å². The summed E-state index contributed by atoms with van der Waals surface area (Å²) in [4.78, 5) is 29.0. The highest BCUT2D eigenvalue weighted by atomic mass is 35.5. The number of aromatic nitrogens is 6. The van der Waals surface area contributed by atoms with Crippen LogP contribution in [0.4, 0.5) is 4.39 Å². The van der Waals surface area contributed by atoms with E-state index in [-0.39, 0.29) is 43.1 Å². The molecule has 1 atom stereocenters. The molecule has 0 saturated carbocycles. The van der Waals surface area contributed by atoms with Crippen molar-refractivity contribution < 1.29 is 14.0 Å². The molecule has 0 bridgehead atoms. The van der Waals surface area contributed by atoms with E-state index in [2.05, 4.69) is 20.8 Å². The van der Waals surface area contributed by atoms with Crippen LogP contribution in [0.15, 0.2) is 79.1 Å². The third kappa shape index (κ3) is 6.10. The van der Waals surface area contributed by atoms with Gasteiger partial charge < -0.3 is 10.2 Å². The molecule has 1 N–H and O–H groups in total. The SMILES string of the molecule is C[C@@H](NC(=O)c1nn(-c2ccc(Cl)cc2Cl)c2c1CN(C(=O)Cn1cnnn1)C/C2=C\c1ccc(F)cc1)c1ccccc1. The molecule has 0 aliphatic carbocycles. The topological polar surface area (TPSA) is 111 Å². The molecule has 13 heteroatoms. The standard InChI is InChI=1S/C31H25Cl2FN8O2/c1-19(21-5-3-2-4-6-21)36-31(44)29-25-16-40(28(43)17-41-18-35-38-39-41)15-22(13-20-7-10-24(34)11-8-20)30(25)42(37-29)27-12-9-23(32)14-26(27)33/h2-14,18-19H,15-17H2,1H3,(H,36,44)/b22-13+/t19-/m1/s1. The summed E-state index contributed by atoms with van der Waals surface area (Å²) in [5, 5.41) is 19.6. The minimum Gasteiger partial charge on any atom is -0.344 e. The minimum absolute atomic E-state index is 0.0880. The second kappa shape index (κ2) is 12.4. The molecule has 5 aromatic rings. The van der Waals surface area contributed by atoms with E-state index in [0.717, 1.165) is 5.56 Å². The number of rotatable bonds is 7. The Labute approximate surface area is 261 Å². The number of amides is 2. The van der Waals surface area contributed by atoms with E-state index in [1.807, 2.05) is 43.3 Å². The zero-order valence-corrected chi connectivity index (χ0v) is 24.9. The molecule has 0 spiro atoms. The zero-order valence-electron chi connectivity index (χ0n) is 23.4. The lowest BCUT2D eigenvalue weighted by molar-refractivity contribution is -0.132. The quantitative estimate of drug-likeness (QED) is 0.258. The average molecular weight is 631 g/mol. The van der Waals surface area contributed by atoms with Crippen molar-refractivity contribution in [2.24, 2.45) is 0 Å². The highest BCUT2D eigenvalue weighted by Gasteiger charge is 2.34. The summed E-state index contributed by atoms with van der Waals surface area (Å²) in [6, 6.07) is 20.2. The van der Waals surface area contributed by atoms with E-state index < -0.39 is 5.91 Å². The number of hydrogen-bond donors (Lipinski definition) is 1. The van der Waals surface area contributed by atoms with Gasteiger partial charge in [-0.1, -0.05) is 65.7 Å². The maximum atomic E-state index is 13.9. The van der Waals surface area contributed by atoms with Crippen LogP contribution in [0.25, 0.3) is 17.3 Å². The first-order chi connectivity index (χ1) is 21.3. The van der Waals surface area contributed by atoms with Crippen LogP contribution in [0.2, 0.25) is 10.0 Å². The normalized spacial score (nSPS) is 14.4. The number of fused-ring (bicyclic) bond motifs is 1. The highest BCUT2D eigenvalue weighted by molar-refractivity contribution is 6.35. The van der Waals surface area contributed by atoms with Crippen molar-refractivity contribution in [2.45, 2.75) is 26.1 Å². The summed E-state index contributed by atoms with van der Waals surface area (Å²) in [6.07, 6.45) is 3.19. The molecule has 44 heavy (non-hydrogen) atoms. The molecule has 10 nitrogen and oxygen atoms in total. The summed E-state index contributed by atoms with van der Waals surface area (Å²) >= 11 is 12.9. The molecular weight excluding hydrogens is 606 g/mol. The number of carbonyl (C=O) groups excluding carboxylic acids is 2. The fraction of sp³-hybridized carbons (Fsp3) is 0.161. The first kappa shape index (κ1) is 29.2. The van der Waals surface area contributed by atoms with Gasteiger partial charge in [-0.25, -0.2) is 13.8 Å². The van der Waals surface area contributed by atoms with E-state index >= 15 is 0 Å². The summed E-state index contributed by atoms with van der Waals surface area (Å²) in [5.41, 5.74) is 4.04. The van der Waals surface area contributed by atoms with Gasteiger partial charge in [0, 0.05) is 17.1 Å². The Hall–Kier alpha value is -4.87. The minimum atomic E-state index is -0.419. The predicted octanol–water partition coefficient (Wildman–Crippen LogP) is 5.38. The maximum absolute atomic E-state index is 13.9. The van der Waals surface area contributed by atoms with Gasteiger partial charge in [-0.15, -0.1) is 5.10 Å². The number of halogens is 3. The molecule has 3 aromatic carbocycles. The van der Waals surface area contributed by atoms with E-state index in [1.54, 1.807) is 39.9 Å². The van der Waals surface area contributed by atoms with Gasteiger partial charge in [0.25, 0.3) is 5.91 Å². The van der Waals surface area contributed by atoms with Crippen molar-refractivity contribution in [1.82, 2.24) is 40.2 Å². The van der Waals surface area contributed by atoms with Gasteiger partial charge in [0.15, 0.2) is 5.69 Å². The van der Waals surface area contributed by atoms with Crippen LogP contribution in [0.1, 0.15) is 45.8 Å². The van der Waals surface area contributed by atoms with Crippen molar-refractivity contribution in [3.05, 3.63) is 123 Å². The first-order valence-electron chi connectivity index (χ1n) is 13.6. The number of hydrogen-bond acceptors (Lipinski definition) is 6. The van der Waals surface area contributed by atoms with Gasteiger partial charge in [0.2, 0.25) is 5.91 Å². The average Bonchev–Trinajstić information content (AvgIpc) is 3.67. The van der Waals surface area contributed by atoms with Gasteiger partial charge >= 0.3 is 0 Å². The van der Waals surface area contributed by atoms with Crippen molar-refractivity contribution >= 4 is 46.7 Å². The van der Waals surface area contributed by atoms with Gasteiger partial charge in [0.05, 0.1) is 29.0 Å². The lowest BCUT2D eigenvalue weighted by Crippen LogP contribution is -2.38. The van der Waals surface area contributed by atoms with E-state index in [4.69, 9.17) is 28.3 Å². The lowest BCUT2D eigenvalue weighted by atomic mass is 9.97. The molecule has 0 fully saturated rings. The molecule has 0 unspecified atom stereocenters. The largest absolute Gasteiger partial charge is 0.344 e. The molecule has 2 amide bonds.